The zero-order valence-electron chi connectivity index (χ0n) is 11.6. The maximum absolute atomic E-state index is 4.36. The Morgan fingerprint density at radius 1 is 1.32 bits per heavy atom. The summed E-state index contributed by atoms with van der Waals surface area (Å²) in [5.74, 6) is 2.19. The van der Waals surface area contributed by atoms with Crippen LogP contribution in [-0.4, -0.2) is 21.3 Å². The lowest BCUT2D eigenvalue weighted by Gasteiger charge is -2.21. The zero-order valence-corrected chi connectivity index (χ0v) is 11.6. The number of nitrogens with one attached hydrogen (secondary N) is 1. The number of nitrogens with zero attached hydrogens (tertiary/aromatic N) is 3. The number of hydrogen-bond acceptors (Lipinski definition) is 3. The number of aryl methyl sites for hydroxylation is 3. The molecular formula is C15H20N4. The Labute approximate surface area is 113 Å². The molecule has 4 heteroatoms. The quantitative estimate of drug-likeness (QED) is 0.914. The summed E-state index contributed by atoms with van der Waals surface area (Å²) < 4.78 is 2.27. The lowest BCUT2D eigenvalue weighted by Crippen LogP contribution is -2.32. The highest BCUT2D eigenvalue weighted by molar-refractivity contribution is 5.22. The predicted octanol–water partition coefficient (Wildman–Crippen LogP) is 2.04. The van der Waals surface area contributed by atoms with Crippen molar-refractivity contribution in [3.63, 3.8) is 0 Å². The van der Waals surface area contributed by atoms with E-state index in [1.54, 1.807) is 0 Å². The summed E-state index contributed by atoms with van der Waals surface area (Å²) in [6.07, 6.45) is 1.99. The highest BCUT2D eigenvalue weighted by Gasteiger charge is 2.20. The Morgan fingerprint density at radius 2 is 2.21 bits per heavy atom. The van der Waals surface area contributed by atoms with E-state index in [1.165, 1.54) is 11.1 Å². The summed E-state index contributed by atoms with van der Waals surface area (Å²) in [7, 11) is 0. The van der Waals surface area contributed by atoms with Crippen LogP contribution in [0.4, 0.5) is 0 Å². The molecule has 0 saturated carbocycles. The molecule has 1 aliphatic heterocycles. The van der Waals surface area contributed by atoms with Crippen LogP contribution in [0.25, 0.3) is 0 Å². The Kier molecular flexibility index (Phi) is 3.34. The van der Waals surface area contributed by atoms with E-state index in [1.807, 2.05) is 0 Å². The Balaban J connectivity index is 1.74. The summed E-state index contributed by atoms with van der Waals surface area (Å²) in [6.45, 7) is 6.26. The van der Waals surface area contributed by atoms with Crippen molar-refractivity contribution in [2.75, 3.05) is 6.54 Å². The molecule has 0 spiro atoms. The van der Waals surface area contributed by atoms with Crippen molar-refractivity contribution >= 4 is 0 Å². The fraction of sp³-hybridized carbons (Fsp3) is 0.467. The molecule has 100 valence electrons. The first kappa shape index (κ1) is 12.4. The standard InChI is InChI=1S/C15H20N4/c1-11-4-3-5-13(10-11)6-7-14-17-18-15-12(2)16-8-9-19(14)15/h3-5,10,12,16H,6-9H2,1-2H3. The first-order valence-corrected chi connectivity index (χ1v) is 6.95. The molecule has 0 fully saturated rings. The van der Waals surface area contributed by atoms with Crippen molar-refractivity contribution in [3.8, 4) is 0 Å². The molecule has 0 amide bonds. The molecule has 4 nitrogen and oxygen atoms in total. The van der Waals surface area contributed by atoms with Crippen LogP contribution in [0.2, 0.25) is 0 Å². The van der Waals surface area contributed by atoms with E-state index in [-0.39, 0.29) is 0 Å². The Morgan fingerprint density at radius 3 is 3.05 bits per heavy atom. The molecule has 1 atom stereocenters. The van der Waals surface area contributed by atoms with E-state index in [2.05, 4.69) is 58.2 Å². The number of rotatable bonds is 3. The van der Waals surface area contributed by atoms with Gasteiger partial charge in [0.05, 0.1) is 6.04 Å². The minimum Gasteiger partial charge on any atom is -0.312 e. The van der Waals surface area contributed by atoms with Crippen LogP contribution < -0.4 is 5.32 Å². The van der Waals surface area contributed by atoms with Gasteiger partial charge in [-0.25, -0.2) is 0 Å². The van der Waals surface area contributed by atoms with Crippen LogP contribution in [0, 0.1) is 6.92 Å². The molecule has 0 saturated heterocycles. The Hall–Kier alpha value is -1.68. The van der Waals surface area contributed by atoms with Crippen molar-refractivity contribution in [1.29, 1.82) is 0 Å². The van der Waals surface area contributed by atoms with E-state index in [0.29, 0.717) is 6.04 Å². The summed E-state index contributed by atoms with van der Waals surface area (Å²) in [5.41, 5.74) is 2.69. The zero-order chi connectivity index (χ0) is 13.2. The first-order chi connectivity index (χ1) is 9.24. The Bertz CT molecular complexity index is 573. The van der Waals surface area contributed by atoms with Crippen LogP contribution in [0.3, 0.4) is 0 Å². The van der Waals surface area contributed by atoms with E-state index in [0.717, 1.165) is 37.6 Å². The molecule has 0 radical (unpaired) electrons. The van der Waals surface area contributed by atoms with Crippen molar-refractivity contribution in [1.82, 2.24) is 20.1 Å². The van der Waals surface area contributed by atoms with Gasteiger partial charge in [-0.1, -0.05) is 29.8 Å². The lowest BCUT2D eigenvalue weighted by atomic mass is 10.1. The van der Waals surface area contributed by atoms with Gasteiger partial charge in [0.1, 0.15) is 11.6 Å². The van der Waals surface area contributed by atoms with Crippen LogP contribution in [-0.2, 0) is 19.4 Å². The topological polar surface area (TPSA) is 42.7 Å². The normalized spacial score (nSPS) is 18.3. The largest absolute Gasteiger partial charge is 0.312 e. The summed E-state index contributed by atoms with van der Waals surface area (Å²) in [6, 6.07) is 9.00. The second kappa shape index (κ2) is 5.13. The molecule has 1 aromatic carbocycles. The second-order valence-electron chi connectivity index (χ2n) is 5.29. The van der Waals surface area contributed by atoms with Crippen LogP contribution in [0.5, 0.6) is 0 Å². The second-order valence-corrected chi connectivity index (χ2v) is 5.29. The number of aromatic nitrogens is 3. The number of hydrogen-bond donors (Lipinski definition) is 1. The van der Waals surface area contributed by atoms with E-state index in [9.17, 15) is 0 Å². The van der Waals surface area contributed by atoms with Gasteiger partial charge < -0.3 is 9.88 Å². The molecule has 1 aliphatic rings. The molecule has 1 N–H and O–H groups in total. The highest BCUT2D eigenvalue weighted by atomic mass is 15.3. The first-order valence-electron chi connectivity index (χ1n) is 6.95. The summed E-state index contributed by atoms with van der Waals surface area (Å²) in [5, 5.41) is 12.1. The van der Waals surface area contributed by atoms with Crippen molar-refractivity contribution in [3.05, 3.63) is 47.0 Å². The average Bonchev–Trinajstić information content (AvgIpc) is 2.81. The maximum Gasteiger partial charge on any atom is 0.149 e. The van der Waals surface area contributed by atoms with Crippen LogP contribution >= 0.6 is 0 Å². The van der Waals surface area contributed by atoms with Gasteiger partial charge in [0, 0.05) is 19.5 Å². The smallest absolute Gasteiger partial charge is 0.149 e. The van der Waals surface area contributed by atoms with Crippen molar-refractivity contribution in [2.24, 2.45) is 0 Å². The summed E-state index contributed by atoms with van der Waals surface area (Å²) >= 11 is 0. The molecule has 1 aromatic heterocycles. The van der Waals surface area contributed by atoms with Gasteiger partial charge in [0.2, 0.25) is 0 Å². The van der Waals surface area contributed by atoms with Gasteiger partial charge in [0.15, 0.2) is 0 Å². The fourth-order valence-corrected chi connectivity index (χ4v) is 2.71. The third-order valence-electron chi connectivity index (χ3n) is 3.75. The molecule has 19 heavy (non-hydrogen) atoms. The molecule has 0 bridgehead atoms. The van der Waals surface area contributed by atoms with E-state index < -0.39 is 0 Å². The van der Waals surface area contributed by atoms with E-state index >= 15 is 0 Å². The third-order valence-corrected chi connectivity index (χ3v) is 3.75. The van der Waals surface area contributed by atoms with Gasteiger partial charge in [-0.05, 0) is 25.8 Å². The molecule has 3 rings (SSSR count). The third kappa shape index (κ3) is 2.54. The highest BCUT2D eigenvalue weighted by Crippen LogP contribution is 2.17. The van der Waals surface area contributed by atoms with Gasteiger partial charge in [-0.2, -0.15) is 0 Å². The minimum absolute atomic E-state index is 0.314. The molecule has 0 aliphatic carbocycles. The van der Waals surface area contributed by atoms with E-state index in [4.69, 9.17) is 0 Å². The van der Waals surface area contributed by atoms with Crippen molar-refractivity contribution < 1.29 is 0 Å². The number of fused-ring (bicyclic) bond motifs is 1. The van der Waals surface area contributed by atoms with Crippen molar-refractivity contribution in [2.45, 2.75) is 39.3 Å². The molecular weight excluding hydrogens is 236 g/mol. The molecule has 2 aromatic rings. The predicted molar refractivity (Wildman–Crippen MR) is 75.0 cm³/mol. The lowest BCUT2D eigenvalue weighted by molar-refractivity contribution is 0.429. The number of benzene rings is 1. The minimum atomic E-state index is 0.314. The van der Waals surface area contributed by atoms with Crippen LogP contribution in [0.1, 0.15) is 35.7 Å². The van der Waals surface area contributed by atoms with Gasteiger partial charge in [-0.15, -0.1) is 10.2 Å². The van der Waals surface area contributed by atoms with Gasteiger partial charge in [-0.3, -0.25) is 0 Å². The average molecular weight is 256 g/mol. The molecule has 1 unspecified atom stereocenters. The maximum atomic E-state index is 4.36. The SMILES string of the molecule is Cc1cccc(CCc2nnc3n2CCNC3C)c1. The fourth-order valence-electron chi connectivity index (χ4n) is 2.71. The van der Waals surface area contributed by atoms with Crippen LogP contribution in [0.15, 0.2) is 24.3 Å². The van der Waals surface area contributed by atoms with Gasteiger partial charge in [0.25, 0.3) is 0 Å². The summed E-state index contributed by atoms with van der Waals surface area (Å²) in [4.78, 5) is 0. The van der Waals surface area contributed by atoms with Gasteiger partial charge >= 0.3 is 0 Å². The molecule has 2 heterocycles. The monoisotopic (exact) mass is 256 g/mol.